The lowest BCUT2D eigenvalue weighted by molar-refractivity contribution is -0.111. The molecule has 5 heteroatoms. The number of rotatable bonds is 1. The maximum Gasteiger partial charge on any atom is 0.410 e. The largest absolute Gasteiger partial charge is 0.444 e. The molecule has 1 fully saturated rings. The number of ether oxygens (including phenoxy) is 1. The van der Waals surface area contributed by atoms with Crippen LogP contribution < -0.4 is 0 Å². The smallest absolute Gasteiger partial charge is 0.410 e. The Hall–Kier alpha value is -1.13. The summed E-state index contributed by atoms with van der Waals surface area (Å²) in [5.41, 5.74) is -0.626. The summed E-state index contributed by atoms with van der Waals surface area (Å²) in [5.74, 6) is 0. The number of halogens is 1. The summed E-state index contributed by atoms with van der Waals surface area (Å²) in [6.45, 7) is 5.12. The Bertz CT molecular complexity index is 262. The summed E-state index contributed by atoms with van der Waals surface area (Å²) in [6, 6.07) is -0.685. The fourth-order valence-electron chi connectivity index (χ4n) is 1.47. The summed E-state index contributed by atoms with van der Waals surface area (Å²) < 4.78 is 18.1. The maximum atomic E-state index is 13.0. The molecule has 0 aromatic heterocycles. The molecule has 1 aliphatic rings. The van der Waals surface area contributed by atoms with Gasteiger partial charge in [-0.15, -0.1) is 0 Å². The molecule has 0 saturated carbocycles. The molecule has 15 heavy (non-hydrogen) atoms. The molecule has 2 atom stereocenters. The Morgan fingerprint density at radius 1 is 1.53 bits per heavy atom. The zero-order chi connectivity index (χ0) is 11.6. The molecule has 1 heterocycles. The van der Waals surface area contributed by atoms with Gasteiger partial charge < -0.3 is 9.53 Å². The average Bonchev–Trinajstić information content (AvgIpc) is 2.43. The van der Waals surface area contributed by atoms with Crippen molar-refractivity contribution >= 4 is 12.4 Å². The van der Waals surface area contributed by atoms with E-state index in [1.807, 2.05) is 0 Å². The second kappa shape index (κ2) is 4.16. The predicted molar refractivity (Wildman–Crippen MR) is 52.3 cm³/mol. The van der Waals surface area contributed by atoms with Crippen LogP contribution in [0.3, 0.4) is 0 Å². The van der Waals surface area contributed by atoms with Crippen LogP contribution in [-0.4, -0.2) is 41.6 Å². The number of carbonyl (C=O) groups excluding carboxylic acids is 2. The molecule has 0 aromatic rings. The minimum atomic E-state index is -1.13. The third kappa shape index (κ3) is 3.18. The summed E-state index contributed by atoms with van der Waals surface area (Å²) in [4.78, 5) is 23.3. The van der Waals surface area contributed by atoms with Crippen molar-refractivity contribution in [3.05, 3.63) is 0 Å². The van der Waals surface area contributed by atoms with Crippen molar-refractivity contribution in [1.82, 2.24) is 4.90 Å². The van der Waals surface area contributed by atoms with Crippen molar-refractivity contribution in [3.63, 3.8) is 0 Å². The molecule has 0 N–H and O–H groups in total. The van der Waals surface area contributed by atoms with Crippen molar-refractivity contribution in [3.8, 4) is 0 Å². The van der Waals surface area contributed by atoms with Crippen molar-refractivity contribution in [2.24, 2.45) is 0 Å². The number of aldehydes is 1. The Morgan fingerprint density at radius 3 is 2.60 bits per heavy atom. The Balaban J connectivity index is 2.63. The summed E-state index contributed by atoms with van der Waals surface area (Å²) in [7, 11) is 0. The van der Waals surface area contributed by atoms with Gasteiger partial charge in [-0.25, -0.2) is 9.18 Å². The van der Waals surface area contributed by atoms with Crippen LogP contribution in [-0.2, 0) is 9.53 Å². The lowest BCUT2D eigenvalue weighted by atomic mass is 10.2. The first-order chi connectivity index (χ1) is 6.83. The van der Waals surface area contributed by atoms with Crippen LogP contribution in [0.4, 0.5) is 9.18 Å². The number of alkyl halides is 1. The molecular weight excluding hydrogens is 201 g/mol. The van der Waals surface area contributed by atoms with Gasteiger partial charge in [-0.3, -0.25) is 4.90 Å². The van der Waals surface area contributed by atoms with E-state index in [1.165, 1.54) is 0 Å². The quantitative estimate of drug-likeness (QED) is 0.626. The van der Waals surface area contributed by atoms with Gasteiger partial charge in [-0.05, 0) is 20.8 Å². The highest BCUT2D eigenvalue weighted by atomic mass is 19.1. The van der Waals surface area contributed by atoms with E-state index in [0.717, 1.165) is 4.90 Å². The number of hydrogen-bond acceptors (Lipinski definition) is 3. The van der Waals surface area contributed by atoms with E-state index in [1.54, 1.807) is 20.8 Å². The fourth-order valence-corrected chi connectivity index (χ4v) is 1.47. The first-order valence-electron chi connectivity index (χ1n) is 4.92. The first-order valence-corrected chi connectivity index (χ1v) is 4.92. The number of nitrogens with zero attached hydrogens (tertiary/aromatic N) is 1. The van der Waals surface area contributed by atoms with Crippen LogP contribution in [0.1, 0.15) is 27.2 Å². The van der Waals surface area contributed by atoms with E-state index in [-0.39, 0.29) is 13.0 Å². The van der Waals surface area contributed by atoms with E-state index >= 15 is 0 Å². The summed E-state index contributed by atoms with van der Waals surface area (Å²) in [6.07, 6.45) is -1.10. The Morgan fingerprint density at radius 2 is 2.13 bits per heavy atom. The molecule has 86 valence electrons. The third-order valence-electron chi connectivity index (χ3n) is 2.08. The SMILES string of the molecule is CC(C)(C)OC(=O)N1C[C@@H](F)C[C@H]1C=O. The van der Waals surface area contributed by atoms with E-state index in [9.17, 15) is 14.0 Å². The number of amides is 1. The molecule has 1 saturated heterocycles. The molecule has 0 bridgehead atoms. The highest BCUT2D eigenvalue weighted by molar-refractivity contribution is 5.74. The lowest BCUT2D eigenvalue weighted by Gasteiger charge is -2.26. The minimum absolute atomic E-state index is 0.0572. The van der Waals surface area contributed by atoms with Crippen molar-refractivity contribution < 1.29 is 18.7 Å². The first kappa shape index (κ1) is 11.9. The molecule has 1 rings (SSSR count). The average molecular weight is 217 g/mol. The molecule has 0 unspecified atom stereocenters. The second-order valence-corrected chi connectivity index (χ2v) is 4.67. The molecule has 0 aromatic carbocycles. The van der Waals surface area contributed by atoms with Crippen molar-refractivity contribution in [2.45, 2.75) is 45.0 Å². The van der Waals surface area contributed by atoms with E-state index in [2.05, 4.69) is 0 Å². The van der Waals surface area contributed by atoms with E-state index in [4.69, 9.17) is 4.74 Å². The maximum absolute atomic E-state index is 13.0. The van der Waals surface area contributed by atoms with Crippen LogP contribution in [0, 0.1) is 0 Å². The van der Waals surface area contributed by atoms with Crippen LogP contribution >= 0.6 is 0 Å². The van der Waals surface area contributed by atoms with Gasteiger partial charge in [0, 0.05) is 6.42 Å². The zero-order valence-electron chi connectivity index (χ0n) is 9.20. The van der Waals surface area contributed by atoms with Gasteiger partial charge >= 0.3 is 6.09 Å². The third-order valence-corrected chi connectivity index (χ3v) is 2.08. The van der Waals surface area contributed by atoms with E-state index in [0.29, 0.717) is 6.29 Å². The molecule has 1 aliphatic heterocycles. The molecule has 1 amide bonds. The minimum Gasteiger partial charge on any atom is -0.444 e. The second-order valence-electron chi connectivity index (χ2n) is 4.67. The van der Waals surface area contributed by atoms with Crippen LogP contribution in [0.2, 0.25) is 0 Å². The fraction of sp³-hybridized carbons (Fsp3) is 0.800. The topological polar surface area (TPSA) is 46.6 Å². The van der Waals surface area contributed by atoms with Gasteiger partial charge in [0.15, 0.2) is 0 Å². The molecule has 4 nitrogen and oxygen atoms in total. The number of carbonyl (C=O) groups is 2. The van der Waals surface area contributed by atoms with Crippen LogP contribution in [0.5, 0.6) is 0 Å². The Labute approximate surface area is 88.4 Å². The van der Waals surface area contributed by atoms with Crippen LogP contribution in [0.15, 0.2) is 0 Å². The lowest BCUT2D eigenvalue weighted by Crippen LogP contribution is -2.40. The standard InChI is InChI=1S/C10H16FNO3/c1-10(2,3)15-9(14)12-5-7(11)4-8(12)6-13/h6-8H,4-5H2,1-3H3/t7-,8-/m0/s1. The number of likely N-dealkylation sites (tertiary alicyclic amines) is 1. The normalized spacial score (nSPS) is 26.5. The van der Waals surface area contributed by atoms with Gasteiger partial charge in [-0.1, -0.05) is 0 Å². The van der Waals surface area contributed by atoms with Gasteiger partial charge in [-0.2, -0.15) is 0 Å². The van der Waals surface area contributed by atoms with Crippen molar-refractivity contribution in [2.75, 3.05) is 6.54 Å². The summed E-state index contributed by atoms with van der Waals surface area (Å²) in [5, 5.41) is 0. The summed E-state index contributed by atoms with van der Waals surface area (Å²) >= 11 is 0. The Kier molecular flexibility index (Phi) is 3.31. The highest BCUT2D eigenvalue weighted by Gasteiger charge is 2.37. The molecule has 0 spiro atoms. The van der Waals surface area contributed by atoms with Crippen molar-refractivity contribution in [1.29, 1.82) is 0 Å². The van der Waals surface area contributed by atoms with Crippen LogP contribution in [0.25, 0.3) is 0 Å². The van der Waals surface area contributed by atoms with Gasteiger partial charge in [0.25, 0.3) is 0 Å². The molecule has 0 aliphatic carbocycles. The zero-order valence-corrected chi connectivity index (χ0v) is 9.20. The van der Waals surface area contributed by atoms with E-state index < -0.39 is 23.9 Å². The molecular formula is C10H16FNO3. The molecule has 0 radical (unpaired) electrons. The van der Waals surface area contributed by atoms with Gasteiger partial charge in [0.1, 0.15) is 18.1 Å². The predicted octanol–water partition coefficient (Wildman–Crippen LogP) is 1.53. The number of hydrogen-bond donors (Lipinski definition) is 0. The van der Waals surface area contributed by atoms with Gasteiger partial charge in [0.2, 0.25) is 0 Å². The van der Waals surface area contributed by atoms with Gasteiger partial charge in [0.05, 0.1) is 12.6 Å². The highest BCUT2D eigenvalue weighted by Crippen LogP contribution is 2.21. The monoisotopic (exact) mass is 217 g/mol.